The zero-order valence-electron chi connectivity index (χ0n) is 18.2. The molecular weight excluding hydrogens is 426 g/mol. The minimum atomic E-state index is -0.556. The first-order valence-corrected chi connectivity index (χ1v) is 11.9. The van der Waals surface area contributed by atoms with E-state index in [4.69, 9.17) is 4.74 Å². The van der Waals surface area contributed by atoms with E-state index in [1.54, 1.807) is 40.9 Å². The lowest BCUT2D eigenvalue weighted by molar-refractivity contribution is -0.124. The van der Waals surface area contributed by atoms with E-state index in [9.17, 15) is 14.4 Å². The van der Waals surface area contributed by atoms with Crippen molar-refractivity contribution in [2.45, 2.75) is 38.8 Å². The predicted molar refractivity (Wildman–Crippen MR) is 126 cm³/mol. The van der Waals surface area contributed by atoms with Gasteiger partial charge in [0.05, 0.1) is 5.88 Å². The number of aryl methyl sites for hydroxylation is 2. The summed E-state index contributed by atoms with van der Waals surface area (Å²) in [5.74, 6) is 0.348. The number of benzene rings is 2. The summed E-state index contributed by atoms with van der Waals surface area (Å²) in [5.41, 5.74) is 3.95. The van der Waals surface area contributed by atoms with Crippen LogP contribution in [0.3, 0.4) is 0 Å². The van der Waals surface area contributed by atoms with E-state index in [-0.39, 0.29) is 17.7 Å². The quantitative estimate of drug-likeness (QED) is 0.723. The Bertz CT molecular complexity index is 1040. The summed E-state index contributed by atoms with van der Waals surface area (Å²) in [6.07, 6.45) is 1.13. The molecule has 0 saturated carbocycles. The molecule has 32 heavy (non-hydrogen) atoms. The molecule has 8 heteroatoms. The molecule has 0 aliphatic carbocycles. The van der Waals surface area contributed by atoms with Crippen molar-refractivity contribution in [3.05, 3.63) is 59.2 Å². The van der Waals surface area contributed by atoms with Crippen LogP contribution < -0.4 is 10.6 Å². The molecule has 0 radical (unpaired) electrons. The van der Waals surface area contributed by atoms with E-state index in [2.05, 4.69) is 10.6 Å². The Balaban J connectivity index is 1.44. The predicted octanol–water partition coefficient (Wildman–Crippen LogP) is 3.57. The number of nitrogens with zero attached hydrogens (tertiary/aromatic N) is 1. The molecule has 2 fully saturated rings. The topological polar surface area (TPSA) is 87.7 Å². The monoisotopic (exact) mass is 453 g/mol. The van der Waals surface area contributed by atoms with Crippen LogP contribution in [-0.4, -0.2) is 53.0 Å². The molecular formula is C24H27N3O4S. The molecule has 2 aliphatic rings. The first-order chi connectivity index (χ1) is 15.4. The highest BCUT2D eigenvalue weighted by atomic mass is 32.2. The highest BCUT2D eigenvalue weighted by Gasteiger charge is 2.35. The van der Waals surface area contributed by atoms with Crippen LogP contribution in [0.5, 0.6) is 0 Å². The maximum atomic E-state index is 13.2. The van der Waals surface area contributed by atoms with Crippen LogP contribution in [0.2, 0.25) is 0 Å². The molecule has 0 aromatic heterocycles. The minimum absolute atomic E-state index is 0.200. The average Bonchev–Trinajstić information content (AvgIpc) is 3.48. The van der Waals surface area contributed by atoms with Gasteiger partial charge in [-0.15, -0.1) is 11.8 Å². The molecule has 0 bridgehead atoms. The van der Waals surface area contributed by atoms with Crippen molar-refractivity contribution in [3.8, 4) is 0 Å². The standard InChI is InChI=1S/C24H27N3O4S/c1-15-8-9-19(11-16(15)2)25-22(28)20-13-32-14-27(20)24(30)17-5-3-6-18(12-17)26-23(29)21-7-4-10-31-21/h3,5-6,8-9,11-12,20-21H,4,7,10,13-14H2,1-2H3,(H,25,28)(H,26,29). The molecule has 2 aromatic carbocycles. The van der Waals surface area contributed by atoms with Crippen LogP contribution in [0.4, 0.5) is 11.4 Å². The van der Waals surface area contributed by atoms with Gasteiger partial charge in [0.1, 0.15) is 12.1 Å². The molecule has 2 saturated heterocycles. The summed E-state index contributed by atoms with van der Waals surface area (Å²) in [6.45, 7) is 4.61. The van der Waals surface area contributed by atoms with Crippen LogP contribution in [-0.2, 0) is 14.3 Å². The Kier molecular flexibility index (Phi) is 6.81. The van der Waals surface area contributed by atoms with Crippen molar-refractivity contribution in [2.75, 3.05) is 28.9 Å². The van der Waals surface area contributed by atoms with E-state index in [1.165, 1.54) is 0 Å². The Morgan fingerprint density at radius 3 is 2.53 bits per heavy atom. The van der Waals surface area contributed by atoms with Gasteiger partial charge in [0, 0.05) is 29.3 Å². The van der Waals surface area contributed by atoms with Gasteiger partial charge in [-0.1, -0.05) is 12.1 Å². The number of hydrogen-bond donors (Lipinski definition) is 2. The Morgan fingerprint density at radius 2 is 1.78 bits per heavy atom. The second kappa shape index (κ2) is 9.75. The van der Waals surface area contributed by atoms with Gasteiger partial charge in [0.25, 0.3) is 11.8 Å². The molecule has 2 N–H and O–H groups in total. The Morgan fingerprint density at radius 1 is 1.00 bits per heavy atom. The van der Waals surface area contributed by atoms with Crippen molar-refractivity contribution < 1.29 is 19.1 Å². The zero-order chi connectivity index (χ0) is 22.7. The van der Waals surface area contributed by atoms with E-state index in [0.29, 0.717) is 35.9 Å². The summed E-state index contributed by atoms with van der Waals surface area (Å²) in [4.78, 5) is 40.0. The number of thioether (sulfide) groups is 1. The maximum Gasteiger partial charge on any atom is 0.255 e. The van der Waals surface area contributed by atoms with Crippen molar-refractivity contribution in [2.24, 2.45) is 0 Å². The second-order valence-corrected chi connectivity index (χ2v) is 9.15. The third kappa shape index (κ3) is 4.97. The van der Waals surface area contributed by atoms with Gasteiger partial charge in [-0.25, -0.2) is 0 Å². The van der Waals surface area contributed by atoms with Gasteiger partial charge < -0.3 is 20.3 Å². The summed E-state index contributed by atoms with van der Waals surface area (Å²) in [5, 5.41) is 5.77. The molecule has 7 nitrogen and oxygen atoms in total. The molecule has 2 atom stereocenters. The van der Waals surface area contributed by atoms with Crippen molar-refractivity contribution >= 4 is 40.9 Å². The number of amides is 3. The van der Waals surface area contributed by atoms with Crippen molar-refractivity contribution in [1.29, 1.82) is 0 Å². The van der Waals surface area contributed by atoms with Gasteiger partial charge >= 0.3 is 0 Å². The minimum Gasteiger partial charge on any atom is -0.368 e. The Hall–Kier alpha value is -2.84. The van der Waals surface area contributed by atoms with Gasteiger partial charge in [-0.2, -0.15) is 0 Å². The van der Waals surface area contributed by atoms with Gasteiger partial charge in [0.2, 0.25) is 5.91 Å². The van der Waals surface area contributed by atoms with Gasteiger partial charge in [-0.3, -0.25) is 14.4 Å². The number of carbonyl (C=O) groups is 3. The average molecular weight is 454 g/mol. The highest BCUT2D eigenvalue weighted by Crippen LogP contribution is 2.26. The number of nitrogens with one attached hydrogen (secondary N) is 2. The number of anilines is 2. The molecule has 2 aromatic rings. The lowest BCUT2D eigenvalue weighted by atomic mass is 10.1. The zero-order valence-corrected chi connectivity index (χ0v) is 19.0. The van der Waals surface area contributed by atoms with Crippen LogP contribution in [0.15, 0.2) is 42.5 Å². The molecule has 4 rings (SSSR count). The third-order valence-electron chi connectivity index (χ3n) is 5.82. The van der Waals surface area contributed by atoms with E-state index >= 15 is 0 Å². The SMILES string of the molecule is Cc1ccc(NC(=O)C2CSCN2C(=O)c2cccc(NC(=O)C3CCCO3)c2)cc1C. The largest absolute Gasteiger partial charge is 0.368 e. The normalized spacial score (nSPS) is 20.2. The maximum absolute atomic E-state index is 13.2. The second-order valence-electron chi connectivity index (χ2n) is 8.15. The van der Waals surface area contributed by atoms with Gasteiger partial charge in [0.15, 0.2) is 0 Å². The fraction of sp³-hybridized carbons (Fsp3) is 0.375. The number of ether oxygens (including phenoxy) is 1. The van der Waals surface area contributed by atoms with E-state index < -0.39 is 12.1 Å². The lowest BCUT2D eigenvalue weighted by Crippen LogP contribution is -2.44. The van der Waals surface area contributed by atoms with E-state index in [1.807, 2.05) is 32.0 Å². The molecule has 2 heterocycles. The van der Waals surface area contributed by atoms with Crippen LogP contribution in [0.1, 0.15) is 34.3 Å². The van der Waals surface area contributed by atoms with Gasteiger partial charge in [-0.05, 0) is 68.1 Å². The number of hydrogen-bond acceptors (Lipinski definition) is 5. The fourth-order valence-corrected chi connectivity index (χ4v) is 4.96. The van der Waals surface area contributed by atoms with E-state index in [0.717, 1.165) is 23.2 Å². The first-order valence-electron chi connectivity index (χ1n) is 10.7. The third-order valence-corrected chi connectivity index (χ3v) is 6.83. The summed E-state index contributed by atoms with van der Waals surface area (Å²) < 4.78 is 5.41. The molecule has 2 unspecified atom stereocenters. The van der Waals surface area contributed by atoms with Crippen molar-refractivity contribution in [3.63, 3.8) is 0 Å². The van der Waals surface area contributed by atoms with Crippen molar-refractivity contribution in [1.82, 2.24) is 4.90 Å². The fourth-order valence-electron chi connectivity index (χ4n) is 3.81. The number of rotatable bonds is 5. The number of carbonyl (C=O) groups excluding carboxylic acids is 3. The molecule has 2 aliphatic heterocycles. The summed E-state index contributed by atoms with van der Waals surface area (Å²) >= 11 is 1.55. The summed E-state index contributed by atoms with van der Waals surface area (Å²) in [7, 11) is 0. The lowest BCUT2D eigenvalue weighted by Gasteiger charge is -2.23. The smallest absolute Gasteiger partial charge is 0.255 e. The summed E-state index contributed by atoms with van der Waals surface area (Å²) in [6, 6.07) is 12.0. The first kappa shape index (κ1) is 22.4. The molecule has 168 valence electrons. The Labute approximate surface area is 191 Å². The van der Waals surface area contributed by atoms with Crippen LogP contribution in [0, 0.1) is 13.8 Å². The molecule has 3 amide bonds. The van der Waals surface area contributed by atoms with Crippen LogP contribution in [0.25, 0.3) is 0 Å². The highest BCUT2D eigenvalue weighted by molar-refractivity contribution is 7.99. The molecule has 0 spiro atoms. The van der Waals surface area contributed by atoms with Crippen LogP contribution >= 0.6 is 11.8 Å².